The van der Waals surface area contributed by atoms with E-state index in [0.29, 0.717) is 11.3 Å². The lowest BCUT2D eigenvalue weighted by Gasteiger charge is -2.09. The van der Waals surface area contributed by atoms with Crippen LogP contribution in [-0.2, 0) is 23.0 Å². The fourth-order valence-corrected chi connectivity index (χ4v) is 2.37. The Balaban J connectivity index is 2.72. The number of hydrogen-bond donors (Lipinski definition) is 2. The van der Waals surface area contributed by atoms with E-state index in [-0.39, 0.29) is 6.42 Å². The number of rotatable bonds is 4. The summed E-state index contributed by atoms with van der Waals surface area (Å²) in [5.74, 6) is -0.865. The third-order valence-corrected chi connectivity index (χ3v) is 2.87. The van der Waals surface area contributed by atoms with E-state index >= 15 is 0 Å². The Kier molecular flexibility index (Phi) is 4.41. The molecule has 0 spiro atoms. The molecule has 1 rings (SSSR count). The molecule has 0 saturated carbocycles. The van der Waals surface area contributed by atoms with Crippen molar-refractivity contribution < 1.29 is 9.90 Å². The lowest BCUT2D eigenvalue weighted by atomic mass is 10.1. The maximum absolute atomic E-state index is 10.4. The molecule has 0 aliphatic rings. The number of carboxylic acids is 1. The summed E-state index contributed by atoms with van der Waals surface area (Å²) in [4.78, 5) is 7.89. The molecule has 0 heterocycles. The molecule has 3 nitrogen and oxygen atoms in total. The summed E-state index contributed by atoms with van der Waals surface area (Å²) >= 11 is 16.2. The van der Waals surface area contributed by atoms with Gasteiger partial charge in [-0.15, -0.1) is 0 Å². The molecule has 0 fully saturated rings. The molecular weight excluding hydrogens is 276 g/mol. The molecule has 2 N–H and O–H groups in total. The molecule has 7 heteroatoms. The summed E-state index contributed by atoms with van der Waals surface area (Å²) in [6.07, 6.45) is -0.00378. The van der Waals surface area contributed by atoms with E-state index in [2.05, 4.69) is 5.09 Å². The fourth-order valence-electron chi connectivity index (χ4n) is 1.02. The van der Waals surface area contributed by atoms with E-state index < -0.39 is 10.9 Å². The molecule has 0 unspecified atom stereocenters. The first-order valence-corrected chi connectivity index (χ1v) is 8.56. The van der Waals surface area contributed by atoms with Gasteiger partial charge < -0.3 is 10.2 Å². The Morgan fingerprint density at radius 3 is 2.33 bits per heavy atom. The molecule has 0 aliphatic heterocycles. The van der Waals surface area contributed by atoms with Crippen molar-refractivity contribution in [3.63, 3.8) is 0 Å². The smallest absolute Gasteiger partial charge is 0.307 e. The number of benzene rings is 1. The highest BCUT2D eigenvalue weighted by atomic mass is 35.9. The molecule has 0 aliphatic carbocycles. The minimum atomic E-state index is -2.52. The van der Waals surface area contributed by atoms with Crippen molar-refractivity contribution in [3.05, 3.63) is 29.8 Å². The maximum atomic E-state index is 10.4. The Labute approximate surface area is 102 Å². The SMILES string of the molecule is O=C(O)Cc1ccc(NP(=S)(Cl)Cl)cc1. The van der Waals surface area contributed by atoms with E-state index in [4.69, 9.17) is 39.4 Å². The van der Waals surface area contributed by atoms with Crippen molar-refractivity contribution in [3.8, 4) is 0 Å². The zero-order chi connectivity index (χ0) is 11.5. The lowest BCUT2D eigenvalue weighted by Crippen LogP contribution is -1.99. The van der Waals surface area contributed by atoms with Gasteiger partial charge in [0.25, 0.3) is 0 Å². The van der Waals surface area contributed by atoms with Crippen molar-refractivity contribution >= 4 is 50.8 Å². The van der Waals surface area contributed by atoms with Crippen LogP contribution in [0.4, 0.5) is 5.69 Å². The Hall–Kier alpha value is -0.280. The van der Waals surface area contributed by atoms with Crippen LogP contribution in [0.5, 0.6) is 0 Å². The van der Waals surface area contributed by atoms with Crippen LogP contribution in [-0.4, -0.2) is 11.1 Å². The van der Waals surface area contributed by atoms with E-state index in [1.54, 1.807) is 24.3 Å². The predicted molar refractivity (Wildman–Crippen MR) is 67.4 cm³/mol. The average molecular weight is 284 g/mol. The fraction of sp³-hybridized carbons (Fsp3) is 0.125. The first-order chi connectivity index (χ1) is 6.87. The third kappa shape index (κ3) is 5.38. The van der Waals surface area contributed by atoms with Gasteiger partial charge in [0.05, 0.1) is 6.42 Å². The summed E-state index contributed by atoms with van der Waals surface area (Å²) in [5.41, 5.74) is 1.41. The van der Waals surface area contributed by atoms with Crippen LogP contribution in [0.25, 0.3) is 0 Å². The minimum Gasteiger partial charge on any atom is -0.481 e. The highest BCUT2D eigenvalue weighted by Gasteiger charge is 2.07. The number of anilines is 1. The van der Waals surface area contributed by atoms with Gasteiger partial charge in [-0.3, -0.25) is 4.79 Å². The van der Waals surface area contributed by atoms with Crippen LogP contribution < -0.4 is 5.09 Å². The zero-order valence-electron chi connectivity index (χ0n) is 7.48. The first-order valence-electron chi connectivity index (χ1n) is 3.95. The van der Waals surface area contributed by atoms with Gasteiger partial charge in [-0.25, -0.2) is 0 Å². The largest absolute Gasteiger partial charge is 0.481 e. The highest BCUT2D eigenvalue weighted by molar-refractivity contribution is 8.39. The Morgan fingerprint density at radius 2 is 1.93 bits per heavy atom. The van der Waals surface area contributed by atoms with Gasteiger partial charge in [-0.1, -0.05) is 12.1 Å². The van der Waals surface area contributed by atoms with E-state index in [1.807, 2.05) is 0 Å². The van der Waals surface area contributed by atoms with Crippen LogP contribution in [0.1, 0.15) is 5.56 Å². The summed E-state index contributed by atoms with van der Waals surface area (Å²) in [5, 5.41) is 11.3. The van der Waals surface area contributed by atoms with E-state index in [9.17, 15) is 4.79 Å². The molecule has 0 aromatic heterocycles. The normalized spacial score (nSPS) is 11.1. The standard InChI is InChI=1S/C8H8Cl2NO2PS/c9-14(10,15)11-7-3-1-6(2-4-7)5-8(12)13/h1-4H,5H2,(H,11,15)(H,12,13). The predicted octanol–water partition coefficient (Wildman–Crippen LogP) is 3.43. The van der Waals surface area contributed by atoms with Crippen molar-refractivity contribution in [2.75, 3.05) is 5.09 Å². The van der Waals surface area contributed by atoms with E-state index in [1.165, 1.54) is 0 Å². The molecule has 15 heavy (non-hydrogen) atoms. The first kappa shape index (κ1) is 12.8. The third-order valence-electron chi connectivity index (χ3n) is 1.57. The monoisotopic (exact) mass is 283 g/mol. The lowest BCUT2D eigenvalue weighted by molar-refractivity contribution is -0.136. The Bertz CT molecular complexity index is 404. The van der Waals surface area contributed by atoms with Gasteiger partial charge in [-0.05, 0) is 52.0 Å². The van der Waals surface area contributed by atoms with Gasteiger partial charge in [0.1, 0.15) is 0 Å². The van der Waals surface area contributed by atoms with Crippen molar-refractivity contribution in [2.24, 2.45) is 0 Å². The molecule has 1 aromatic carbocycles. The van der Waals surface area contributed by atoms with Crippen molar-refractivity contribution in [1.82, 2.24) is 0 Å². The van der Waals surface area contributed by atoms with Crippen molar-refractivity contribution in [2.45, 2.75) is 6.42 Å². The molecule has 1 aromatic rings. The molecule has 0 amide bonds. The number of hydrogen-bond acceptors (Lipinski definition) is 2. The van der Waals surface area contributed by atoms with Gasteiger partial charge in [0.2, 0.25) is 4.89 Å². The second-order valence-electron chi connectivity index (χ2n) is 2.84. The van der Waals surface area contributed by atoms with Crippen LogP contribution in [0.2, 0.25) is 0 Å². The molecule has 0 saturated heterocycles. The number of aliphatic carboxylic acids is 1. The summed E-state index contributed by atoms with van der Waals surface area (Å²) in [6.45, 7) is 0. The quantitative estimate of drug-likeness (QED) is 0.832. The molecule has 0 radical (unpaired) electrons. The van der Waals surface area contributed by atoms with Crippen LogP contribution in [0.15, 0.2) is 24.3 Å². The van der Waals surface area contributed by atoms with Crippen LogP contribution in [0, 0.1) is 0 Å². The van der Waals surface area contributed by atoms with Gasteiger partial charge >= 0.3 is 5.97 Å². The Morgan fingerprint density at radius 1 is 1.40 bits per heavy atom. The van der Waals surface area contributed by atoms with E-state index in [0.717, 1.165) is 0 Å². The minimum absolute atomic E-state index is 0.00378. The number of carboxylic acid groups (broad SMARTS) is 1. The average Bonchev–Trinajstić information content (AvgIpc) is 2.05. The van der Waals surface area contributed by atoms with Crippen molar-refractivity contribution in [1.29, 1.82) is 0 Å². The number of carbonyl (C=O) groups is 1. The molecule has 0 atom stereocenters. The maximum Gasteiger partial charge on any atom is 0.307 e. The summed E-state index contributed by atoms with van der Waals surface area (Å²) < 4.78 is 0. The second-order valence-corrected chi connectivity index (χ2v) is 10.4. The summed E-state index contributed by atoms with van der Waals surface area (Å²) in [6, 6.07) is 6.78. The van der Waals surface area contributed by atoms with Gasteiger partial charge in [0.15, 0.2) is 0 Å². The van der Waals surface area contributed by atoms with Crippen LogP contribution in [0.3, 0.4) is 0 Å². The molecule has 0 bridgehead atoms. The molecule has 82 valence electrons. The number of nitrogens with one attached hydrogen (secondary N) is 1. The molecular formula is C8H8Cl2NO2PS. The second kappa shape index (κ2) is 5.17. The topological polar surface area (TPSA) is 49.3 Å². The van der Waals surface area contributed by atoms with Gasteiger partial charge in [-0.2, -0.15) is 0 Å². The summed E-state index contributed by atoms with van der Waals surface area (Å²) in [7, 11) is 0. The van der Waals surface area contributed by atoms with Gasteiger partial charge in [0, 0.05) is 5.69 Å². The zero-order valence-corrected chi connectivity index (χ0v) is 10.7. The number of halogens is 2. The highest BCUT2D eigenvalue weighted by Crippen LogP contribution is 2.56. The van der Waals surface area contributed by atoms with Crippen LogP contribution >= 0.6 is 27.4 Å².